The van der Waals surface area contributed by atoms with Crippen molar-refractivity contribution in [2.45, 2.75) is 25.8 Å². The highest BCUT2D eigenvalue weighted by Crippen LogP contribution is 2.20. The molecular weight excluding hydrogens is 271 g/mol. The van der Waals surface area contributed by atoms with Crippen LogP contribution >= 0.6 is 0 Å². The summed E-state index contributed by atoms with van der Waals surface area (Å²) >= 11 is 0. The Morgan fingerprint density at radius 1 is 1.38 bits per heavy atom. The molecule has 0 radical (unpaired) electrons. The number of nitrogens with one attached hydrogen (secondary N) is 1. The molecule has 2 heterocycles. The molecule has 0 spiro atoms. The summed E-state index contributed by atoms with van der Waals surface area (Å²) in [6, 6.07) is 5.41. The van der Waals surface area contributed by atoms with Crippen LogP contribution in [0, 0.1) is 17.1 Å². The fraction of sp³-hybridized carbons (Fsp3) is 0.267. The summed E-state index contributed by atoms with van der Waals surface area (Å²) in [7, 11) is 0. The van der Waals surface area contributed by atoms with Gasteiger partial charge in [0.2, 0.25) is 0 Å². The van der Waals surface area contributed by atoms with Crippen molar-refractivity contribution in [2.75, 3.05) is 5.32 Å². The van der Waals surface area contributed by atoms with Gasteiger partial charge in [-0.2, -0.15) is 5.26 Å². The van der Waals surface area contributed by atoms with Crippen LogP contribution in [0.5, 0.6) is 0 Å². The molecule has 0 saturated heterocycles. The van der Waals surface area contributed by atoms with Gasteiger partial charge in [-0.25, -0.2) is 9.37 Å². The van der Waals surface area contributed by atoms with Gasteiger partial charge in [-0.1, -0.05) is 0 Å². The largest absolute Gasteiger partial charge is 0.315 e. The molecule has 0 saturated carbocycles. The smallest absolute Gasteiger partial charge is 0.256 e. The quantitative estimate of drug-likeness (QED) is 0.921. The summed E-state index contributed by atoms with van der Waals surface area (Å²) in [5, 5.41) is 11.6. The molecule has 1 amide bonds. The van der Waals surface area contributed by atoms with Gasteiger partial charge in [-0.05, 0) is 31.0 Å². The first kappa shape index (κ1) is 13.3. The first-order chi connectivity index (χ1) is 10.2. The lowest BCUT2D eigenvalue weighted by Crippen LogP contribution is -2.18. The average Bonchev–Trinajstić information content (AvgIpc) is 2.90. The number of carbonyl (C=O) groups excluding carboxylic acids is 1. The number of aromatic nitrogens is 2. The van der Waals surface area contributed by atoms with E-state index >= 15 is 0 Å². The van der Waals surface area contributed by atoms with Gasteiger partial charge in [0.25, 0.3) is 5.91 Å². The molecule has 0 bridgehead atoms. The number of hydrogen-bond donors (Lipinski definition) is 1. The molecule has 1 aliphatic rings. The van der Waals surface area contributed by atoms with Gasteiger partial charge in [0, 0.05) is 18.5 Å². The standard InChI is InChI=1S/C15H13FN4O/c16-12-6-10(8-17)5-11(7-12)15(21)19-14-9-18-13-3-1-2-4-20(13)14/h5-7,9H,1-4H2,(H,19,21). The number of imidazole rings is 1. The Bertz CT molecular complexity index is 745. The van der Waals surface area contributed by atoms with E-state index in [9.17, 15) is 9.18 Å². The summed E-state index contributed by atoms with van der Waals surface area (Å²) in [5.74, 6) is 0.514. The normalized spacial score (nSPS) is 13.3. The van der Waals surface area contributed by atoms with Crippen molar-refractivity contribution < 1.29 is 9.18 Å². The molecule has 0 unspecified atom stereocenters. The number of aryl methyl sites for hydroxylation is 1. The second-order valence-corrected chi connectivity index (χ2v) is 4.96. The minimum Gasteiger partial charge on any atom is -0.315 e. The van der Waals surface area contributed by atoms with Crippen LogP contribution in [-0.2, 0) is 13.0 Å². The van der Waals surface area contributed by atoms with Crippen LogP contribution in [0.15, 0.2) is 24.4 Å². The predicted molar refractivity (Wildman–Crippen MR) is 74.2 cm³/mol. The van der Waals surface area contributed by atoms with Crippen molar-refractivity contribution in [2.24, 2.45) is 0 Å². The van der Waals surface area contributed by atoms with Crippen molar-refractivity contribution in [3.8, 4) is 6.07 Å². The minimum atomic E-state index is -0.602. The summed E-state index contributed by atoms with van der Waals surface area (Å²) < 4.78 is 15.3. The minimum absolute atomic E-state index is 0.121. The van der Waals surface area contributed by atoms with E-state index in [0.29, 0.717) is 5.82 Å². The Morgan fingerprint density at radius 3 is 3.05 bits per heavy atom. The molecule has 1 aromatic heterocycles. The fourth-order valence-corrected chi connectivity index (χ4v) is 2.49. The number of nitriles is 1. The topological polar surface area (TPSA) is 70.7 Å². The summed E-state index contributed by atoms with van der Waals surface area (Å²) in [5.41, 5.74) is 0.244. The third kappa shape index (κ3) is 2.63. The van der Waals surface area contributed by atoms with Gasteiger partial charge in [0.05, 0.1) is 17.8 Å². The van der Waals surface area contributed by atoms with Crippen LogP contribution in [0.3, 0.4) is 0 Å². The summed E-state index contributed by atoms with van der Waals surface area (Å²) in [6.45, 7) is 0.817. The van der Waals surface area contributed by atoms with Crippen LogP contribution in [-0.4, -0.2) is 15.5 Å². The number of hydrogen-bond acceptors (Lipinski definition) is 3. The van der Waals surface area contributed by atoms with Crippen molar-refractivity contribution in [1.82, 2.24) is 9.55 Å². The molecule has 1 aromatic carbocycles. The third-order valence-electron chi connectivity index (χ3n) is 3.50. The van der Waals surface area contributed by atoms with Gasteiger partial charge in [0.15, 0.2) is 0 Å². The van der Waals surface area contributed by atoms with Crippen molar-refractivity contribution in [3.05, 3.63) is 47.2 Å². The Balaban J connectivity index is 1.85. The van der Waals surface area contributed by atoms with Crippen molar-refractivity contribution in [3.63, 3.8) is 0 Å². The van der Waals surface area contributed by atoms with E-state index in [-0.39, 0.29) is 11.1 Å². The number of halogens is 1. The van der Waals surface area contributed by atoms with E-state index in [4.69, 9.17) is 5.26 Å². The fourth-order valence-electron chi connectivity index (χ4n) is 2.49. The van der Waals surface area contributed by atoms with Gasteiger partial charge in [0.1, 0.15) is 17.5 Å². The molecular formula is C15H13FN4O. The van der Waals surface area contributed by atoms with E-state index in [1.165, 1.54) is 6.07 Å². The Morgan fingerprint density at radius 2 is 2.24 bits per heavy atom. The number of fused-ring (bicyclic) bond motifs is 1. The van der Waals surface area contributed by atoms with Crippen molar-refractivity contribution in [1.29, 1.82) is 5.26 Å². The molecule has 0 aliphatic carbocycles. The van der Waals surface area contributed by atoms with E-state index in [1.807, 2.05) is 10.6 Å². The molecule has 6 heteroatoms. The maximum Gasteiger partial charge on any atom is 0.256 e. The highest BCUT2D eigenvalue weighted by Gasteiger charge is 2.17. The monoisotopic (exact) mass is 284 g/mol. The number of amides is 1. The molecule has 1 aliphatic heterocycles. The zero-order valence-corrected chi connectivity index (χ0v) is 11.3. The lowest BCUT2D eigenvalue weighted by Gasteiger charge is -2.16. The molecule has 1 N–H and O–H groups in total. The molecule has 106 valence electrons. The Hall–Kier alpha value is -2.68. The van der Waals surface area contributed by atoms with E-state index < -0.39 is 11.7 Å². The highest BCUT2D eigenvalue weighted by molar-refractivity contribution is 6.04. The van der Waals surface area contributed by atoms with Crippen LogP contribution in [0.4, 0.5) is 10.2 Å². The van der Waals surface area contributed by atoms with Crippen LogP contribution in [0.25, 0.3) is 0 Å². The molecule has 5 nitrogen and oxygen atoms in total. The molecule has 21 heavy (non-hydrogen) atoms. The maximum atomic E-state index is 13.4. The first-order valence-corrected chi connectivity index (χ1v) is 6.74. The maximum absolute atomic E-state index is 13.4. The number of rotatable bonds is 2. The van der Waals surface area contributed by atoms with Gasteiger partial charge >= 0.3 is 0 Å². The lowest BCUT2D eigenvalue weighted by molar-refractivity contribution is 0.102. The summed E-state index contributed by atoms with van der Waals surface area (Å²) in [6.07, 6.45) is 4.65. The number of anilines is 1. The molecule has 0 atom stereocenters. The van der Waals surface area contributed by atoms with Gasteiger partial charge < -0.3 is 9.88 Å². The second-order valence-electron chi connectivity index (χ2n) is 4.96. The zero-order valence-electron chi connectivity index (χ0n) is 11.3. The number of carbonyl (C=O) groups is 1. The lowest BCUT2D eigenvalue weighted by atomic mass is 10.1. The van der Waals surface area contributed by atoms with Crippen LogP contribution < -0.4 is 5.32 Å². The summed E-state index contributed by atoms with van der Waals surface area (Å²) in [4.78, 5) is 16.5. The van der Waals surface area contributed by atoms with E-state index in [0.717, 1.165) is 43.8 Å². The average molecular weight is 284 g/mol. The zero-order chi connectivity index (χ0) is 14.8. The van der Waals surface area contributed by atoms with Gasteiger partial charge in [-0.3, -0.25) is 4.79 Å². The van der Waals surface area contributed by atoms with Crippen molar-refractivity contribution >= 4 is 11.7 Å². The number of benzene rings is 1. The van der Waals surface area contributed by atoms with Crippen LogP contribution in [0.1, 0.15) is 34.6 Å². The SMILES string of the molecule is N#Cc1cc(F)cc(C(=O)Nc2cnc3n2CCCC3)c1. The predicted octanol–water partition coefficient (Wildman–Crippen LogP) is 2.48. The highest BCUT2D eigenvalue weighted by atomic mass is 19.1. The Labute approximate surface area is 121 Å². The third-order valence-corrected chi connectivity index (χ3v) is 3.50. The Kier molecular flexibility index (Phi) is 3.40. The van der Waals surface area contributed by atoms with Gasteiger partial charge in [-0.15, -0.1) is 0 Å². The van der Waals surface area contributed by atoms with Crippen LogP contribution in [0.2, 0.25) is 0 Å². The van der Waals surface area contributed by atoms with E-state index in [1.54, 1.807) is 6.20 Å². The first-order valence-electron chi connectivity index (χ1n) is 6.74. The van der Waals surface area contributed by atoms with E-state index in [2.05, 4.69) is 10.3 Å². The second kappa shape index (κ2) is 5.37. The molecule has 3 rings (SSSR count). The molecule has 2 aromatic rings. The number of nitrogens with zero attached hydrogens (tertiary/aromatic N) is 3. The molecule has 0 fully saturated rings.